The molecule has 0 unspecified atom stereocenters. The molecule has 7 nitrogen and oxygen atoms in total. The van der Waals surface area contributed by atoms with Crippen molar-refractivity contribution in [3.63, 3.8) is 0 Å². The number of allylic oxidation sites excluding steroid dienone is 5. The lowest BCUT2D eigenvalue weighted by molar-refractivity contribution is -0.126. The molecule has 3 aromatic carbocycles. The van der Waals surface area contributed by atoms with Crippen LogP contribution in [0.15, 0.2) is 137 Å². The van der Waals surface area contributed by atoms with Crippen molar-refractivity contribution in [3.05, 3.63) is 154 Å². The summed E-state index contributed by atoms with van der Waals surface area (Å²) in [5.41, 5.74) is 3.23. The van der Waals surface area contributed by atoms with Crippen LogP contribution in [0.3, 0.4) is 0 Å². The van der Waals surface area contributed by atoms with E-state index in [9.17, 15) is 19.5 Å². The zero-order valence-electron chi connectivity index (χ0n) is 24.7. The van der Waals surface area contributed by atoms with Gasteiger partial charge in [-0.05, 0) is 75.8 Å². The maximum Gasteiger partial charge on any atom is 0.285 e. The predicted molar refractivity (Wildman–Crippen MR) is 185 cm³/mol. The van der Waals surface area contributed by atoms with E-state index in [1.807, 2.05) is 60.7 Å². The Hall–Kier alpha value is -4.73. The van der Waals surface area contributed by atoms with Gasteiger partial charge in [-0.1, -0.05) is 103 Å². The minimum atomic E-state index is -0.733. The number of hydrogen-bond acceptors (Lipinski definition) is 5. The topological polar surface area (TPSA) is 99.1 Å². The summed E-state index contributed by atoms with van der Waals surface area (Å²) < 4.78 is 0.416. The third-order valence-corrected chi connectivity index (χ3v) is 8.30. The number of phenols is 1. The maximum absolute atomic E-state index is 13.9. The van der Waals surface area contributed by atoms with Crippen LogP contribution in [-0.2, 0) is 20.8 Å². The Bertz CT molecular complexity index is 1690. The van der Waals surface area contributed by atoms with Crippen LogP contribution in [0.25, 0.3) is 6.08 Å². The first-order chi connectivity index (χ1) is 21.8. The van der Waals surface area contributed by atoms with Crippen LogP contribution in [0.1, 0.15) is 35.2 Å². The molecule has 4 rings (SSSR count). The van der Waals surface area contributed by atoms with Gasteiger partial charge in [-0.15, -0.1) is 6.58 Å². The van der Waals surface area contributed by atoms with Crippen LogP contribution < -0.4 is 5.32 Å². The molecule has 0 fully saturated rings. The highest BCUT2D eigenvalue weighted by atomic mass is 79.9. The van der Waals surface area contributed by atoms with Gasteiger partial charge in [0, 0.05) is 5.70 Å². The molecule has 228 valence electrons. The third-order valence-electron chi connectivity index (χ3n) is 6.75. The van der Waals surface area contributed by atoms with Crippen molar-refractivity contribution >= 4 is 56.7 Å². The minimum Gasteiger partial charge on any atom is -0.506 e. The number of nitrogens with one attached hydrogen (secondary N) is 1. The van der Waals surface area contributed by atoms with Crippen LogP contribution in [0.4, 0.5) is 0 Å². The second-order valence-electron chi connectivity index (χ2n) is 9.82. The number of carbonyl (C=O) groups is 3. The molecule has 2 N–H and O–H groups in total. The molecule has 0 atom stereocenters. The lowest BCUT2D eigenvalue weighted by Crippen LogP contribution is -2.42. The predicted octanol–water partition coefficient (Wildman–Crippen LogP) is 7.28. The summed E-state index contributed by atoms with van der Waals surface area (Å²) >= 11 is 4.33. The smallest absolute Gasteiger partial charge is 0.285 e. The summed E-state index contributed by atoms with van der Waals surface area (Å²) in [6.45, 7) is 9.18. The summed E-state index contributed by atoms with van der Waals surface area (Å²) in [4.78, 5) is 46.1. The van der Waals surface area contributed by atoms with E-state index in [2.05, 4.69) is 39.4 Å². The number of carbonyl (C=O) groups excluding carboxylic acids is 3. The molecule has 3 amide bonds. The zero-order chi connectivity index (χ0) is 32.3. The van der Waals surface area contributed by atoms with Crippen molar-refractivity contribution in [2.24, 2.45) is 4.99 Å². The fourth-order valence-electron chi connectivity index (χ4n) is 4.63. The van der Waals surface area contributed by atoms with E-state index < -0.39 is 11.8 Å². The number of phenolic OH excluding ortho intramolecular Hbond substituents is 1. The second kappa shape index (κ2) is 15.8. The number of aliphatic imine (C=N–C) groups is 1. The van der Waals surface area contributed by atoms with Gasteiger partial charge in [0.1, 0.15) is 11.3 Å². The molecule has 1 aliphatic rings. The number of thioether (sulfide) groups is 1. The van der Waals surface area contributed by atoms with Gasteiger partial charge in [0.15, 0.2) is 5.17 Å². The number of benzene rings is 3. The lowest BCUT2D eigenvalue weighted by Gasteiger charge is -2.28. The highest BCUT2D eigenvalue weighted by molar-refractivity contribution is 9.10. The summed E-state index contributed by atoms with van der Waals surface area (Å²) in [5, 5.41) is 13.5. The van der Waals surface area contributed by atoms with Gasteiger partial charge < -0.3 is 10.4 Å². The van der Waals surface area contributed by atoms with E-state index in [1.54, 1.807) is 49.4 Å². The number of nitrogens with zero attached hydrogens (tertiary/aromatic N) is 2. The van der Waals surface area contributed by atoms with Crippen molar-refractivity contribution in [2.45, 2.75) is 19.4 Å². The van der Waals surface area contributed by atoms with Gasteiger partial charge in [-0.3, -0.25) is 19.3 Å². The van der Waals surface area contributed by atoms with E-state index in [0.29, 0.717) is 27.7 Å². The van der Waals surface area contributed by atoms with E-state index in [0.717, 1.165) is 22.9 Å². The summed E-state index contributed by atoms with van der Waals surface area (Å²) in [6, 6.07) is 22.2. The minimum absolute atomic E-state index is 0.0579. The highest BCUT2D eigenvalue weighted by Crippen LogP contribution is 2.32. The molecule has 3 aromatic rings. The standard InChI is InChI=1S/C36H32BrN3O4S/c1-4-7-19-28(6-3)40-35(44)29(21-24-20-27(14-5-2)33(42)30(37)22-24)34(43)39-36(40)45-23-31(41)38-32(25-15-10-8-11-16-25)26-17-12-9-13-18-26/h4-13,15-22,32,42H,1-2,14,23H2,3H3,(H,38,41)/b19-7-,28-6+,29-21+. The molecule has 0 bridgehead atoms. The van der Waals surface area contributed by atoms with Gasteiger partial charge in [0.05, 0.1) is 16.3 Å². The first kappa shape index (κ1) is 33.2. The first-order valence-electron chi connectivity index (χ1n) is 14.1. The summed E-state index contributed by atoms with van der Waals surface area (Å²) in [7, 11) is 0. The van der Waals surface area contributed by atoms with Crippen LogP contribution in [0.2, 0.25) is 0 Å². The van der Waals surface area contributed by atoms with Crippen molar-refractivity contribution in [3.8, 4) is 5.75 Å². The van der Waals surface area contributed by atoms with Crippen LogP contribution in [-0.4, -0.2) is 38.6 Å². The molecule has 9 heteroatoms. The molecule has 0 saturated carbocycles. The van der Waals surface area contributed by atoms with E-state index >= 15 is 0 Å². The van der Waals surface area contributed by atoms with Crippen LogP contribution in [0.5, 0.6) is 5.75 Å². The molecule has 0 radical (unpaired) electrons. The Balaban J connectivity index is 1.65. The molecular weight excluding hydrogens is 650 g/mol. The van der Waals surface area contributed by atoms with Crippen LogP contribution >= 0.6 is 27.7 Å². The third kappa shape index (κ3) is 8.26. The van der Waals surface area contributed by atoms with E-state index in [1.165, 1.54) is 11.0 Å². The zero-order valence-corrected chi connectivity index (χ0v) is 27.1. The fraction of sp³-hybridized carbons (Fsp3) is 0.111. The Morgan fingerprint density at radius 2 is 1.71 bits per heavy atom. The molecule has 0 spiro atoms. The molecule has 1 aliphatic heterocycles. The maximum atomic E-state index is 13.9. The number of aromatic hydroxyl groups is 1. The average molecular weight is 683 g/mol. The van der Waals surface area contributed by atoms with Gasteiger partial charge in [-0.25, -0.2) is 0 Å². The number of amidine groups is 1. The Morgan fingerprint density at radius 1 is 1.07 bits per heavy atom. The number of amides is 3. The van der Waals surface area contributed by atoms with Gasteiger partial charge >= 0.3 is 0 Å². The molecule has 0 aliphatic carbocycles. The summed E-state index contributed by atoms with van der Waals surface area (Å²) in [5.74, 6) is -1.66. The molecule has 45 heavy (non-hydrogen) atoms. The fourth-order valence-corrected chi connectivity index (χ4v) is 5.96. The van der Waals surface area contributed by atoms with Crippen molar-refractivity contribution in [2.75, 3.05) is 5.75 Å². The number of hydrogen-bond donors (Lipinski definition) is 2. The van der Waals surface area contributed by atoms with Gasteiger partial charge in [0.2, 0.25) is 5.91 Å². The number of rotatable bonds is 11. The highest BCUT2D eigenvalue weighted by Gasteiger charge is 2.35. The van der Waals surface area contributed by atoms with Crippen molar-refractivity contribution in [1.29, 1.82) is 0 Å². The second-order valence-corrected chi connectivity index (χ2v) is 11.6. The molecule has 0 aromatic heterocycles. The Kier molecular flexibility index (Phi) is 11.7. The first-order valence-corrected chi connectivity index (χ1v) is 15.8. The van der Waals surface area contributed by atoms with Gasteiger partial charge in [-0.2, -0.15) is 4.99 Å². The molecule has 1 heterocycles. The van der Waals surface area contributed by atoms with E-state index in [-0.39, 0.29) is 34.2 Å². The van der Waals surface area contributed by atoms with Crippen molar-refractivity contribution in [1.82, 2.24) is 10.2 Å². The normalized spacial score (nSPS) is 14.6. The SMILES string of the molecule is C=C/C=C\C(=C/C)N1C(=O)/C(=C/c2cc(Br)c(O)c(CC=C)c2)C(=O)N=C1SCC(=O)NC(c1ccccc1)c1ccccc1. The van der Waals surface area contributed by atoms with Gasteiger partial charge in [0.25, 0.3) is 11.8 Å². The molecular formula is C36H32BrN3O4S. The quantitative estimate of drug-likeness (QED) is 0.0960. The van der Waals surface area contributed by atoms with E-state index in [4.69, 9.17) is 0 Å². The Labute approximate surface area is 275 Å². The lowest BCUT2D eigenvalue weighted by atomic mass is 9.99. The number of halogens is 1. The monoisotopic (exact) mass is 681 g/mol. The van der Waals surface area contributed by atoms with Crippen molar-refractivity contribution < 1.29 is 19.5 Å². The molecule has 0 saturated heterocycles. The largest absolute Gasteiger partial charge is 0.506 e. The average Bonchev–Trinajstić information content (AvgIpc) is 3.05. The summed E-state index contributed by atoms with van der Waals surface area (Å²) in [6.07, 6.45) is 10.1. The van der Waals surface area contributed by atoms with Crippen LogP contribution in [0, 0.1) is 0 Å². The Morgan fingerprint density at radius 3 is 2.29 bits per heavy atom.